The highest BCUT2D eigenvalue weighted by Gasteiger charge is 2.06. The molecule has 0 saturated heterocycles. The molecule has 2 aromatic heterocycles. The lowest BCUT2D eigenvalue weighted by molar-refractivity contribution is 0.281. The van der Waals surface area contributed by atoms with E-state index in [0.29, 0.717) is 5.02 Å². The van der Waals surface area contributed by atoms with Crippen LogP contribution in [0.4, 0.5) is 0 Å². The minimum atomic E-state index is -0.0694. The third kappa shape index (κ3) is 2.00. The van der Waals surface area contributed by atoms with Gasteiger partial charge in [0, 0.05) is 23.7 Å². The molecule has 5 heteroatoms. The van der Waals surface area contributed by atoms with Crippen LogP contribution in [0.3, 0.4) is 0 Å². The van der Waals surface area contributed by atoms with Gasteiger partial charge in [-0.15, -0.1) is 0 Å². The van der Waals surface area contributed by atoms with Gasteiger partial charge in [0.2, 0.25) is 0 Å². The van der Waals surface area contributed by atoms with Gasteiger partial charge < -0.3 is 5.11 Å². The number of aromatic nitrogens is 3. The lowest BCUT2D eigenvalue weighted by atomic mass is 10.2. The van der Waals surface area contributed by atoms with Crippen LogP contribution in [0, 0.1) is 6.92 Å². The molecule has 15 heavy (non-hydrogen) atoms. The van der Waals surface area contributed by atoms with Gasteiger partial charge in [-0.1, -0.05) is 11.6 Å². The highest BCUT2D eigenvalue weighted by molar-refractivity contribution is 6.30. The van der Waals surface area contributed by atoms with E-state index in [1.807, 2.05) is 13.0 Å². The zero-order valence-corrected chi connectivity index (χ0v) is 8.94. The van der Waals surface area contributed by atoms with Gasteiger partial charge in [0.15, 0.2) is 0 Å². The van der Waals surface area contributed by atoms with Gasteiger partial charge in [0.1, 0.15) is 0 Å². The van der Waals surface area contributed by atoms with Gasteiger partial charge in [-0.05, 0) is 13.0 Å². The van der Waals surface area contributed by atoms with E-state index in [-0.39, 0.29) is 6.61 Å². The molecule has 2 heterocycles. The number of halogens is 1. The maximum Gasteiger partial charge on any atom is 0.0790 e. The number of aliphatic hydroxyl groups is 1. The Morgan fingerprint density at radius 1 is 1.47 bits per heavy atom. The summed E-state index contributed by atoms with van der Waals surface area (Å²) >= 11 is 5.78. The minimum Gasteiger partial charge on any atom is -0.392 e. The summed E-state index contributed by atoms with van der Waals surface area (Å²) in [5.41, 5.74) is 2.39. The summed E-state index contributed by atoms with van der Waals surface area (Å²) in [6, 6.07) is 1.86. The van der Waals surface area contributed by atoms with Crippen molar-refractivity contribution in [3.63, 3.8) is 0 Å². The summed E-state index contributed by atoms with van der Waals surface area (Å²) in [5, 5.41) is 13.8. The van der Waals surface area contributed by atoms with Crippen LogP contribution in [-0.4, -0.2) is 19.9 Å². The maximum atomic E-state index is 9.16. The molecule has 2 aromatic rings. The van der Waals surface area contributed by atoms with Crippen LogP contribution in [0.1, 0.15) is 11.3 Å². The monoisotopic (exact) mass is 223 g/mol. The van der Waals surface area contributed by atoms with Crippen LogP contribution in [-0.2, 0) is 6.61 Å². The standard InChI is InChI=1S/C10H10ClN3O/c1-7-2-10(8(6-15)3-12-7)14-5-9(11)4-13-14/h2-5,15H,6H2,1H3. The largest absolute Gasteiger partial charge is 0.392 e. The first kappa shape index (κ1) is 10.1. The zero-order valence-electron chi connectivity index (χ0n) is 8.18. The van der Waals surface area contributed by atoms with Crippen molar-refractivity contribution in [3.05, 3.63) is 40.9 Å². The molecule has 0 spiro atoms. The fraction of sp³-hybridized carbons (Fsp3) is 0.200. The molecule has 0 unspecified atom stereocenters. The minimum absolute atomic E-state index is 0.0694. The summed E-state index contributed by atoms with van der Waals surface area (Å²) in [5.74, 6) is 0. The average Bonchev–Trinajstić information content (AvgIpc) is 2.65. The SMILES string of the molecule is Cc1cc(-n2cc(Cl)cn2)c(CO)cn1. The van der Waals surface area contributed by atoms with E-state index >= 15 is 0 Å². The molecule has 0 aliphatic carbocycles. The maximum absolute atomic E-state index is 9.16. The van der Waals surface area contributed by atoms with Gasteiger partial charge in [-0.3, -0.25) is 4.98 Å². The average molecular weight is 224 g/mol. The third-order valence-corrected chi connectivity index (χ3v) is 2.26. The van der Waals surface area contributed by atoms with E-state index in [4.69, 9.17) is 16.7 Å². The Balaban J connectivity index is 2.55. The van der Waals surface area contributed by atoms with Crippen molar-refractivity contribution in [2.75, 3.05) is 0 Å². The first-order chi connectivity index (χ1) is 7.20. The Labute approximate surface area is 92.1 Å². The van der Waals surface area contributed by atoms with E-state index in [0.717, 1.165) is 16.9 Å². The van der Waals surface area contributed by atoms with Crippen molar-refractivity contribution >= 4 is 11.6 Å². The second-order valence-electron chi connectivity index (χ2n) is 3.22. The molecule has 0 aromatic carbocycles. The second kappa shape index (κ2) is 4.00. The van der Waals surface area contributed by atoms with Crippen molar-refractivity contribution < 1.29 is 5.11 Å². The molecule has 0 aliphatic rings. The van der Waals surface area contributed by atoms with E-state index in [9.17, 15) is 0 Å². The molecule has 0 amide bonds. The second-order valence-corrected chi connectivity index (χ2v) is 3.65. The van der Waals surface area contributed by atoms with Gasteiger partial charge in [-0.25, -0.2) is 4.68 Å². The van der Waals surface area contributed by atoms with Crippen LogP contribution in [0.5, 0.6) is 0 Å². The highest BCUT2D eigenvalue weighted by atomic mass is 35.5. The number of rotatable bonds is 2. The Bertz CT molecular complexity index is 481. The lowest BCUT2D eigenvalue weighted by Gasteiger charge is -2.07. The quantitative estimate of drug-likeness (QED) is 0.844. The first-order valence-corrected chi connectivity index (χ1v) is 4.85. The molecule has 78 valence electrons. The Kier molecular flexibility index (Phi) is 2.70. The van der Waals surface area contributed by atoms with E-state index in [2.05, 4.69) is 10.1 Å². The number of hydrogen-bond donors (Lipinski definition) is 1. The first-order valence-electron chi connectivity index (χ1n) is 4.47. The molecule has 0 saturated carbocycles. The molecular formula is C10H10ClN3O. The smallest absolute Gasteiger partial charge is 0.0790 e. The molecule has 2 rings (SSSR count). The van der Waals surface area contributed by atoms with Crippen molar-refractivity contribution in [3.8, 4) is 5.69 Å². The summed E-state index contributed by atoms with van der Waals surface area (Å²) < 4.78 is 1.63. The third-order valence-electron chi connectivity index (χ3n) is 2.07. The van der Waals surface area contributed by atoms with Crippen LogP contribution in [0.25, 0.3) is 5.69 Å². The number of pyridine rings is 1. The summed E-state index contributed by atoms with van der Waals surface area (Å²) in [6.07, 6.45) is 4.88. The predicted molar refractivity (Wildman–Crippen MR) is 57.0 cm³/mol. The Hall–Kier alpha value is -1.39. The number of aliphatic hydroxyl groups excluding tert-OH is 1. The van der Waals surface area contributed by atoms with Gasteiger partial charge >= 0.3 is 0 Å². The zero-order chi connectivity index (χ0) is 10.8. The van der Waals surface area contributed by atoms with Crippen molar-refractivity contribution in [1.82, 2.24) is 14.8 Å². The topological polar surface area (TPSA) is 50.9 Å². The number of nitrogens with zero attached hydrogens (tertiary/aromatic N) is 3. The van der Waals surface area contributed by atoms with Gasteiger partial charge in [0.05, 0.1) is 23.5 Å². The van der Waals surface area contributed by atoms with Gasteiger partial charge in [-0.2, -0.15) is 5.10 Å². The number of aryl methyl sites for hydroxylation is 1. The summed E-state index contributed by atoms with van der Waals surface area (Å²) in [4.78, 5) is 4.11. The van der Waals surface area contributed by atoms with Crippen molar-refractivity contribution in [2.45, 2.75) is 13.5 Å². The van der Waals surface area contributed by atoms with E-state index in [1.165, 1.54) is 0 Å². The van der Waals surface area contributed by atoms with E-state index in [1.54, 1.807) is 23.3 Å². The van der Waals surface area contributed by atoms with E-state index < -0.39 is 0 Å². The normalized spacial score (nSPS) is 10.6. The van der Waals surface area contributed by atoms with Crippen molar-refractivity contribution in [2.24, 2.45) is 0 Å². The van der Waals surface area contributed by atoms with Crippen LogP contribution >= 0.6 is 11.6 Å². The molecule has 4 nitrogen and oxygen atoms in total. The summed E-state index contributed by atoms with van der Waals surface area (Å²) in [7, 11) is 0. The van der Waals surface area contributed by atoms with Crippen LogP contribution in [0.15, 0.2) is 24.7 Å². The molecule has 0 radical (unpaired) electrons. The lowest BCUT2D eigenvalue weighted by Crippen LogP contribution is -2.02. The molecule has 0 fully saturated rings. The molecular weight excluding hydrogens is 214 g/mol. The van der Waals surface area contributed by atoms with Crippen molar-refractivity contribution in [1.29, 1.82) is 0 Å². The number of hydrogen-bond acceptors (Lipinski definition) is 3. The van der Waals surface area contributed by atoms with Crippen LogP contribution < -0.4 is 0 Å². The Morgan fingerprint density at radius 2 is 2.27 bits per heavy atom. The molecule has 0 bridgehead atoms. The highest BCUT2D eigenvalue weighted by Crippen LogP contribution is 2.16. The molecule has 0 atom stereocenters. The predicted octanol–water partition coefficient (Wildman–Crippen LogP) is 1.72. The fourth-order valence-corrected chi connectivity index (χ4v) is 1.48. The summed E-state index contributed by atoms with van der Waals surface area (Å²) in [6.45, 7) is 1.82. The van der Waals surface area contributed by atoms with Crippen LogP contribution in [0.2, 0.25) is 5.02 Å². The fourth-order valence-electron chi connectivity index (χ4n) is 1.34. The Morgan fingerprint density at radius 3 is 2.87 bits per heavy atom. The molecule has 1 N–H and O–H groups in total. The van der Waals surface area contributed by atoms with Gasteiger partial charge in [0.25, 0.3) is 0 Å². The molecule has 0 aliphatic heterocycles.